The number of benzene rings is 1. The molecule has 0 saturated heterocycles. The second-order valence-electron chi connectivity index (χ2n) is 3.76. The van der Waals surface area contributed by atoms with Gasteiger partial charge < -0.3 is 5.11 Å². The predicted octanol–water partition coefficient (Wildman–Crippen LogP) is 0.877. The van der Waals surface area contributed by atoms with Crippen molar-refractivity contribution in [2.24, 2.45) is 0 Å². The average Bonchev–Trinajstić information content (AvgIpc) is 2.34. The molecule has 110 valence electrons. The fourth-order valence-electron chi connectivity index (χ4n) is 1.38. The number of halogens is 1. The lowest BCUT2D eigenvalue weighted by atomic mass is 10.3. The van der Waals surface area contributed by atoms with Gasteiger partial charge in [0.1, 0.15) is 5.82 Å². The van der Waals surface area contributed by atoms with E-state index in [0.717, 1.165) is 12.1 Å². The van der Waals surface area contributed by atoms with Crippen molar-refractivity contribution in [2.75, 3.05) is 6.54 Å². The SMILES string of the molecule is O=C(O)CCCNS(=O)(=O)c1ccc(F)cc1[N+](=O)[O-]. The zero-order chi connectivity index (χ0) is 15.3. The highest BCUT2D eigenvalue weighted by Gasteiger charge is 2.25. The van der Waals surface area contributed by atoms with Crippen molar-refractivity contribution in [3.8, 4) is 0 Å². The van der Waals surface area contributed by atoms with Gasteiger partial charge >= 0.3 is 5.97 Å². The monoisotopic (exact) mass is 306 g/mol. The highest BCUT2D eigenvalue weighted by atomic mass is 32.2. The van der Waals surface area contributed by atoms with E-state index < -0.39 is 37.3 Å². The Hall–Kier alpha value is -2.07. The van der Waals surface area contributed by atoms with Crippen LogP contribution in [0.25, 0.3) is 0 Å². The van der Waals surface area contributed by atoms with E-state index in [0.29, 0.717) is 6.07 Å². The highest BCUT2D eigenvalue weighted by Crippen LogP contribution is 2.24. The maximum Gasteiger partial charge on any atom is 0.303 e. The summed E-state index contributed by atoms with van der Waals surface area (Å²) in [5.41, 5.74) is -0.879. The van der Waals surface area contributed by atoms with E-state index in [-0.39, 0.29) is 19.4 Å². The first kappa shape index (κ1) is 16.0. The molecular weight excluding hydrogens is 295 g/mol. The number of carboxylic acids is 1. The van der Waals surface area contributed by atoms with Crippen LogP contribution >= 0.6 is 0 Å². The van der Waals surface area contributed by atoms with Gasteiger partial charge in [-0.05, 0) is 18.6 Å². The van der Waals surface area contributed by atoms with E-state index in [4.69, 9.17) is 5.11 Å². The first-order chi connectivity index (χ1) is 9.24. The lowest BCUT2D eigenvalue weighted by molar-refractivity contribution is -0.388. The molecule has 0 aliphatic carbocycles. The van der Waals surface area contributed by atoms with Gasteiger partial charge in [0.2, 0.25) is 10.0 Å². The fourth-order valence-corrected chi connectivity index (χ4v) is 2.61. The van der Waals surface area contributed by atoms with E-state index in [1.807, 2.05) is 4.72 Å². The predicted molar refractivity (Wildman–Crippen MR) is 65.1 cm³/mol. The number of nitrogens with zero attached hydrogens (tertiary/aromatic N) is 1. The summed E-state index contributed by atoms with van der Waals surface area (Å²) in [6.45, 7) is -0.191. The van der Waals surface area contributed by atoms with Gasteiger partial charge in [-0.2, -0.15) is 0 Å². The zero-order valence-electron chi connectivity index (χ0n) is 10.1. The summed E-state index contributed by atoms with van der Waals surface area (Å²) < 4.78 is 38.6. The maximum atomic E-state index is 12.9. The van der Waals surface area contributed by atoms with Crippen LogP contribution in [-0.4, -0.2) is 31.0 Å². The first-order valence-electron chi connectivity index (χ1n) is 5.39. The van der Waals surface area contributed by atoms with E-state index in [1.165, 1.54) is 0 Å². The van der Waals surface area contributed by atoms with Gasteiger partial charge in [0.25, 0.3) is 5.69 Å². The number of hydrogen-bond acceptors (Lipinski definition) is 5. The van der Waals surface area contributed by atoms with Gasteiger partial charge in [0.15, 0.2) is 4.90 Å². The molecule has 0 unspecified atom stereocenters. The third-order valence-corrected chi connectivity index (χ3v) is 3.78. The Kier molecular flexibility index (Phi) is 5.11. The minimum atomic E-state index is -4.20. The summed E-state index contributed by atoms with van der Waals surface area (Å²) in [6.07, 6.45) is -0.211. The minimum Gasteiger partial charge on any atom is -0.481 e. The van der Waals surface area contributed by atoms with Crippen molar-refractivity contribution in [3.05, 3.63) is 34.1 Å². The van der Waals surface area contributed by atoms with E-state index >= 15 is 0 Å². The number of sulfonamides is 1. The van der Waals surface area contributed by atoms with Crippen molar-refractivity contribution < 1.29 is 27.6 Å². The standard InChI is InChI=1S/C10H11FN2O6S/c11-7-3-4-9(8(6-7)13(16)17)20(18,19)12-5-1-2-10(14)15/h3-4,6,12H,1-2,5H2,(H,14,15). The van der Waals surface area contributed by atoms with Crippen LogP contribution in [0.3, 0.4) is 0 Å². The van der Waals surface area contributed by atoms with Crippen molar-refractivity contribution in [2.45, 2.75) is 17.7 Å². The third-order valence-electron chi connectivity index (χ3n) is 2.27. The van der Waals surface area contributed by atoms with E-state index in [2.05, 4.69) is 0 Å². The summed E-state index contributed by atoms with van der Waals surface area (Å²) in [4.78, 5) is 19.3. The Labute approximate surface area is 113 Å². The second kappa shape index (κ2) is 6.39. The second-order valence-corrected chi connectivity index (χ2v) is 5.50. The molecule has 0 atom stereocenters. The Morgan fingerprint density at radius 3 is 2.65 bits per heavy atom. The molecule has 1 aromatic carbocycles. The van der Waals surface area contributed by atoms with Gasteiger partial charge in [-0.25, -0.2) is 17.5 Å². The topological polar surface area (TPSA) is 127 Å². The van der Waals surface area contributed by atoms with Gasteiger partial charge in [-0.1, -0.05) is 0 Å². The number of carbonyl (C=O) groups is 1. The van der Waals surface area contributed by atoms with Crippen molar-refractivity contribution in [3.63, 3.8) is 0 Å². The molecule has 20 heavy (non-hydrogen) atoms. The number of carboxylic acid groups (broad SMARTS) is 1. The van der Waals surface area contributed by atoms with Crippen molar-refractivity contribution >= 4 is 21.7 Å². The Morgan fingerprint density at radius 2 is 2.10 bits per heavy atom. The number of nitrogens with one attached hydrogen (secondary N) is 1. The van der Waals surface area contributed by atoms with E-state index in [9.17, 15) is 27.7 Å². The molecule has 8 nitrogen and oxygen atoms in total. The zero-order valence-corrected chi connectivity index (χ0v) is 10.9. The number of hydrogen-bond donors (Lipinski definition) is 2. The Bertz CT molecular complexity index is 631. The summed E-state index contributed by atoms with van der Waals surface area (Å²) in [5.74, 6) is -2.02. The molecule has 0 aliphatic rings. The number of rotatable bonds is 7. The van der Waals surface area contributed by atoms with Gasteiger partial charge in [-0.3, -0.25) is 14.9 Å². The van der Waals surface area contributed by atoms with Crippen LogP contribution < -0.4 is 4.72 Å². The van der Waals surface area contributed by atoms with Crippen LogP contribution in [0.2, 0.25) is 0 Å². The highest BCUT2D eigenvalue weighted by molar-refractivity contribution is 7.89. The largest absolute Gasteiger partial charge is 0.481 e. The first-order valence-corrected chi connectivity index (χ1v) is 6.88. The van der Waals surface area contributed by atoms with Gasteiger partial charge in [0.05, 0.1) is 11.0 Å². The number of nitro groups is 1. The summed E-state index contributed by atoms with van der Waals surface area (Å²) in [6, 6.07) is 2.08. The molecule has 0 aliphatic heterocycles. The summed E-state index contributed by atoms with van der Waals surface area (Å²) >= 11 is 0. The molecule has 0 bridgehead atoms. The van der Waals surface area contributed by atoms with Crippen LogP contribution in [0, 0.1) is 15.9 Å². The molecule has 0 radical (unpaired) electrons. The molecule has 0 saturated carbocycles. The van der Waals surface area contributed by atoms with Crippen molar-refractivity contribution in [1.29, 1.82) is 0 Å². The van der Waals surface area contributed by atoms with Gasteiger partial charge in [-0.15, -0.1) is 0 Å². The third kappa shape index (κ3) is 4.24. The fraction of sp³-hybridized carbons (Fsp3) is 0.300. The van der Waals surface area contributed by atoms with Gasteiger partial charge in [0, 0.05) is 13.0 Å². The number of aliphatic carboxylic acids is 1. The molecular formula is C10H11FN2O6S. The molecule has 0 heterocycles. The Balaban J connectivity index is 2.92. The molecule has 10 heteroatoms. The molecule has 1 aromatic rings. The average molecular weight is 306 g/mol. The number of nitro benzene ring substituents is 1. The molecule has 0 spiro atoms. The van der Waals surface area contributed by atoms with Crippen LogP contribution in [0.15, 0.2) is 23.1 Å². The van der Waals surface area contributed by atoms with Crippen LogP contribution in [-0.2, 0) is 14.8 Å². The molecule has 2 N–H and O–H groups in total. The Morgan fingerprint density at radius 1 is 1.45 bits per heavy atom. The minimum absolute atomic E-state index is 0.0313. The smallest absolute Gasteiger partial charge is 0.303 e. The summed E-state index contributed by atoms with van der Waals surface area (Å²) in [7, 11) is -4.20. The quantitative estimate of drug-likeness (QED) is 0.437. The molecule has 0 amide bonds. The maximum absolute atomic E-state index is 12.9. The van der Waals surface area contributed by atoms with Crippen LogP contribution in [0.5, 0.6) is 0 Å². The lowest BCUT2D eigenvalue weighted by Crippen LogP contribution is -2.26. The molecule has 1 rings (SSSR count). The molecule has 0 aromatic heterocycles. The van der Waals surface area contributed by atoms with Crippen molar-refractivity contribution in [1.82, 2.24) is 4.72 Å². The normalized spacial score (nSPS) is 11.2. The lowest BCUT2D eigenvalue weighted by Gasteiger charge is -2.06. The van der Waals surface area contributed by atoms with E-state index in [1.54, 1.807) is 0 Å². The van der Waals surface area contributed by atoms with Crippen LogP contribution in [0.4, 0.5) is 10.1 Å². The molecule has 0 fully saturated rings. The summed E-state index contributed by atoms with van der Waals surface area (Å²) in [5, 5.41) is 19.1. The van der Waals surface area contributed by atoms with Crippen LogP contribution in [0.1, 0.15) is 12.8 Å².